The fourth-order valence-corrected chi connectivity index (χ4v) is 2.22. The molecule has 2 aromatic carbocycles. The van der Waals surface area contributed by atoms with Crippen molar-refractivity contribution in [3.05, 3.63) is 64.7 Å². The van der Waals surface area contributed by atoms with Crippen LogP contribution in [0.2, 0.25) is 5.02 Å². The van der Waals surface area contributed by atoms with E-state index in [9.17, 15) is 4.79 Å². The molecule has 0 saturated heterocycles. The molecule has 3 nitrogen and oxygen atoms in total. The van der Waals surface area contributed by atoms with Crippen molar-refractivity contribution in [1.29, 1.82) is 0 Å². The van der Waals surface area contributed by atoms with Gasteiger partial charge in [0.2, 0.25) is 0 Å². The van der Waals surface area contributed by atoms with Crippen LogP contribution >= 0.6 is 11.6 Å². The van der Waals surface area contributed by atoms with Crippen LogP contribution < -0.4 is 10.1 Å². The molecule has 0 aliphatic carbocycles. The Labute approximate surface area is 136 Å². The Balaban J connectivity index is 2.09. The lowest BCUT2D eigenvalue weighted by Crippen LogP contribution is -2.26. The summed E-state index contributed by atoms with van der Waals surface area (Å²) in [6.07, 6.45) is 0. The predicted octanol–water partition coefficient (Wildman–Crippen LogP) is 4.45. The van der Waals surface area contributed by atoms with Gasteiger partial charge in [0.05, 0.1) is 10.6 Å². The molecule has 0 aliphatic rings. The molecular weight excluding hydrogens is 298 g/mol. The molecule has 0 fully saturated rings. The number of para-hydroxylation sites is 1. The molecule has 0 heterocycles. The highest BCUT2D eigenvalue weighted by molar-refractivity contribution is 6.33. The monoisotopic (exact) mass is 317 g/mol. The second-order valence-electron chi connectivity index (χ2n) is 5.98. The van der Waals surface area contributed by atoms with Gasteiger partial charge in [-0.3, -0.25) is 4.79 Å². The molecule has 2 rings (SSSR count). The predicted molar refractivity (Wildman–Crippen MR) is 89.4 cm³/mol. The molecule has 0 aromatic heterocycles. The highest BCUT2D eigenvalue weighted by Gasteiger charge is 2.15. The van der Waals surface area contributed by atoms with Crippen LogP contribution in [0, 0.1) is 0 Å². The third kappa shape index (κ3) is 4.50. The zero-order valence-electron chi connectivity index (χ0n) is 13.0. The number of halogens is 1. The third-order valence-corrected chi connectivity index (χ3v) is 3.28. The first-order valence-corrected chi connectivity index (χ1v) is 7.54. The van der Waals surface area contributed by atoms with E-state index in [0.29, 0.717) is 17.1 Å². The van der Waals surface area contributed by atoms with Crippen molar-refractivity contribution in [3.63, 3.8) is 0 Å². The van der Waals surface area contributed by atoms with E-state index < -0.39 is 0 Å². The smallest absolute Gasteiger partial charge is 0.253 e. The Bertz CT molecular complexity index is 662. The molecule has 22 heavy (non-hydrogen) atoms. The summed E-state index contributed by atoms with van der Waals surface area (Å²) in [6, 6.07) is 14.7. The molecule has 0 spiro atoms. The van der Waals surface area contributed by atoms with Gasteiger partial charge < -0.3 is 10.1 Å². The number of carbonyl (C=O) groups excluding carboxylic acids is 1. The minimum Gasteiger partial charge on any atom is -0.488 e. The maximum atomic E-state index is 12.2. The van der Waals surface area contributed by atoms with Crippen LogP contribution in [-0.2, 0) is 6.54 Å². The zero-order chi connectivity index (χ0) is 16.2. The summed E-state index contributed by atoms with van der Waals surface area (Å²) in [5.41, 5.74) is 1.11. The van der Waals surface area contributed by atoms with Crippen LogP contribution in [0.25, 0.3) is 0 Å². The average Bonchev–Trinajstić information content (AvgIpc) is 2.45. The number of rotatable bonds is 4. The number of benzene rings is 2. The van der Waals surface area contributed by atoms with Gasteiger partial charge in [0, 0.05) is 12.1 Å². The van der Waals surface area contributed by atoms with E-state index >= 15 is 0 Å². The summed E-state index contributed by atoms with van der Waals surface area (Å²) in [5.74, 6) is 0.575. The fourth-order valence-electron chi connectivity index (χ4n) is 2.00. The maximum Gasteiger partial charge on any atom is 0.253 e. The molecule has 1 amide bonds. The van der Waals surface area contributed by atoms with Gasteiger partial charge in [-0.25, -0.2) is 0 Å². The molecule has 116 valence electrons. The minimum absolute atomic E-state index is 0.198. The van der Waals surface area contributed by atoms with Gasteiger partial charge in [-0.15, -0.1) is 0 Å². The normalized spacial score (nSPS) is 11.1. The summed E-state index contributed by atoms with van der Waals surface area (Å²) in [4.78, 5) is 12.2. The van der Waals surface area contributed by atoms with Gasteiger partial charge in [-0.1, -0.05) is 41.9 Å². The average molecular weight is 318 g/mol. The van der Waals surface area contributed by atoms with Gasteiger partial charge in [-0.05, 0) is 39.0 Å². The standard InChI is InChI=1S/C18H20ClNO2/c1-18(2,3)22-16-11-7-4-8-13(16)12-20-17(21)14-9-5-6-10-15(14)19/h4-11H,12H2,1-3H3,(H,20,21). The summed E-state index contributed by atoms with van der Waals surface area (Å²) < 4.78 is 5.92. The number of ether oxygens (including phenoxy) is 1. The third-order valence-electron chi connectivity index (χ3n) is 2.95. The highest BCUT2D eigenvalue weighted by Crippen LogP contribution is 2.23. The van der Waals surface area contributed by atoms with Gasteiger partial charge in [0.25, 0.3) is 5.91 Å². The van der Waals surface area contributed by atoms with E-state index in [1.54, 1.807) is 24.3 Å². The second kappa shape index (κ2) is 6.84. The van der Waals surface area contributed by atoms with E-state index in [1.807, 2.05) is 45.0 Å². The van der Waals surface area contributed by atoms with Crippen LogP contribution in [0.5, 0.6) is 5.75 Å². The largest absolute Gasteiger partial charge is 0.488 e. The van der Waals surface area contributed by atoms with E-state index in [-0.39, 0.29) is 11.5 Å². The molecule has 0 bridgehead atoms. The summed E-state index contributed by atoms with van der Waals surface area (Å²) in [7, 11) is 0. The number of amides is 1. The summed E-state index contributed by atoms with van der Waals surface area (Å²) in [5, 5.41) is 3.32. The van der Waals surface area contributed by atoms with Crippen LogP contribution in [0.3, 0.4) is 0 Å². The summed E-state index contributed by atoms with van der Waals surface area (Å²) >= 11 is 6.03. The van der Waals surface area contributed by atoms with Gasteiger partial charge in [-0.2, -0.15) is 0 Å². The fraction of sp³-hybridized carbons (Fsp3) is 0.278. The van der Waals surface area contributed by atoms with Crippen LogP contribution in [0.4, 0.5) is 0 Å². The lowest BCUT2D eigenvalue weighted by molar-refractivity contribution is 0.0949. The molecule has 0 atom stereocenters. The number of hydrogen-bond donors (Lipinski definition) is 1. The molecule has 1 N–H and O–H groups in total. The maximum absolute atomic E-state index is 12.2. The molecule has 2 aromatic rings. The lowest BCUT2D eigenvalue weighted by Gasteiger charge is -2.23. The first kappa shape index (κ1) is 16.4. The quantitative estimate of drug-likeness (QED) is 0.905. The lowest BCUT2D eigenvalue weighted by atomic mass is 10.1. The van der Waals surface area contributed by atoms with Crippen molar-refractivity contribution < 1.29 is 9.53 Å². The van der Waals surface area contributed by atoms with Gasteiger partial charge in [0.15, 0.2) is 0 Å². The van der Waals surface area contributed by atoms with E-state index in [2.05, 4.69) is 5.32 Å². The Morgan fingerprint density at radius 1 is 1.09 bits per heavy atom. The molecular formula is C18H20ClNO2. The Hall–Kier alpha value is -2.00. The van der Waals surface area contributed by atoms with Crippen LogP contribution in [0.15, 0.2) is 48.5 Å². The molecule has 0 saturated carbocycles. The Morgan fingerprint density at radius 3 is 2.41 bits per heavy atom. The van der Waals surface area contributed by atoms with Gasteiger partial charge >= 0.3 is 0 Å². The van der Waals surface area contributed by atoms with Gasteiger partial charge in [0.1, 0.15) is 11.4 Å². The van der Waals surface area contributed by atoms with Crippen molar-refractivity contribution in [1.82, 2.24) is 5.32 Å². The minimum atomic E-state index is -0.289. The van der Waals surface area contributed by atoms with E-state index in [1.165, 1.54) is 0 Å². The molecule has 0 aliphatic heterocycles. The highest BCUT2D eigenvalue weighted by atomic mass is 35.5. The number of hydrogen-bond acceptors (Lipinski definition) is 2. The van der Waals surface area contributed by atoms with E-state index in [4.69, 9.17) is 16.3 Å². The topological polar surface area (TPSA) is 38.3 Å². The zero-order valence-corrected chi connectivity index (χ0v) is 13.8. The second-order valence-corrected chi connectivity index (χ2v) is 6.39. The van der Waals surface area contributed by atoms with Crippen LogP contribution in [-0.4, -0.2) is 11.5 Å². The Kier molecular flexibility index (Phi) is 5.09. The first-order valence-electron chi connectivity index (χ1n) is 7.16. The first-order chi connectivity index (χ1) is 10.4. The van der Waals surface area contributed by atoms with Crippen molar-refractivity contribution in [2.24, 2.45) is 0 Å². The number of carbonyl (C=O) groups is 1. The molecule has 4 heteroatoms. The van der Waals surface area contributed by atoms with E-state index in [0.717, 1.165) is 11.3 Å². The number of nitrogens with one attached hydrogen (secondary N) is 1. The van der Waals surface area contributed by atoms with Crippen LogP contribution in [0.1, 0.15) is 36.7 Å². The Morgan fingerprint density at radius 2 is 1.73 bits per heavy atom. The molecule has 0 unspecified atom stereocenters. The molecule has 0 radical (unpaired) electrons. The van der Waals surface area contributed by atoms with Crippen molar-refractivity contribution in [2.75, 3.05) is 0 Å². The van der Waals surface area contributed by atoms with Crippen molar-refractivity contribution >= 4 is 17.5 Å². The summed E-state index contributed by atoms with van der Waals surface area (Å²) in [6.45, 7) is 6.36. The SMILES string of the molecule is CC(C)(C)Oc1ccccc1CNC(=O)c1ccccc1Cl. The van der Waals surface area contributed by atoms with Crippen molar-refractivity contribution in [2.45, 2.75) is 32.9 Å². The van der Waals surface area contributed by atoms with Crippen molar-refractivity contribution in [3.8, 4) is 5.75 Å².